The molecule has 0 aliphatic heterocycles. The van der Waals surface area contributed by atoms with Crippen LogP contribution in [-0.2, 0) is 0 Å². The first-order valence-corrected chi connectivity index (χ1v) is 2.75. The van der Waals surface area contributed by atoms with Crippen LogP contribution in [0.1, 0.15) is 21.7 Å². The van der Waals surface area contributed by atoms with Gasteiger partial charge >= 0.3 is 0 Å². The lowest BCUT2D eigenvalue weighted by Gasteiger charge is -1.83. The van der Waals surface area contributed by atoms with Gasteiger partial charge in [0, 0.05) is 5.56 Å². The quantitative estimate of drug-likeness (QED) is 0.533. The van der Waals surface area contributed by atoms with Gasteiger partial charge in [-0.15, -0.1) is 0 Å². The summed E-state index contributed by atoms with van der Waals surface area (Å²) in [5.74, 6) is 0.438. The molecule has 9 heavy (non-hydrogen) atoms. The molecule has 0 fully saturated rings. The van der Waals surface area contributed by atoms with Gasteiger partial charge in [0.05, 0.1) is 6.26 Å². The third kappa shape index (κ3) is 0.875. The SMILES string of the molecule is Cc1coc(C=O)c1C. The van der Waals surface area contributed by atoms with Crippen molar-refractivity contribution in [3.05, 3.63) is 23.2 Å². The van der Waals surface area contributed by atoms with E-state index < -0.39 is 0 Å². The molecule has 0 aromatic carbocycles. The van der Waals surface area contributed by atoms with E-state index in [-0.39, 0.29) is 0 Å². The molecule has 0 bridgehead atoms. The molecule has 1 rings (SSSR count). The van der Waals surface area contributed by atoms with E-state index in [1.807, 2.05) is 13.8 Å². The predicted octanol–water partition coefficient (Wildman–Crippen LogP) is 1.71. The van der Waals surface area contributed by atoms with Crippen molar-refractivity contribution in [2.24, 2.45) is 0 Å². The van der Waals surface area contributed by atoms with Gasteiger partial charge in [0.15, 0.2) is 12.0 Å². The fourth-order valence-corrected chi connectivity index (χ4v) is 0.639. The molecule has 1 heterocycles. The van der Waals surface area contributed by atoms with Crippen molar-refractivity contribution in [2.75, 3.05) is 0 Å². The molecule has 0 amide bonds. The zero-order valence-corrected chi connectivity index (χ0v) is 5.47. The van der Waals surface area contributed by atoms with Crippen LogP contribution in [0.4, 0.5) is 0 Å². The highest BCUT2D eigenvalue weighted by Gasteiger charge is 2.02. The lowest BCUT2D eigenvalue weighted by atomic mass is 10.2. The van der Waals surface area contributed by atoms with Crippen LogP contribution in [-0.4, -0.2) is 6.29 Å². The van der Waals surface area contributed by atoms with Crippen LogP contribution in [0.5, 0.6) is 0 Å². The summed E-state index contributed by atoms with van der Waals surface area (Å²) >= 11 is 0. The molecular formula is C7H8O2. The number of hydrogen-bond acceptors (Lipinski definition) is 2. The molecule has 0 aliphatic rings. The highest BCUT2D eigenvalue weighted by Crippen LogP contribution is 2.11. The zero-order valence-electron chi connectivity index (χ0n) is 5.47. The van der Waals surface area contributed by atoms with Crippen molar-refractivity contribution in [1.29, 1.82) is 0 Å². The van der Waals surface area contributed by atoms with Crippen LogP contribution in [0, 0.1) is 13.8 Å². The molecule has 0 unspecified atom stereocenters. The van der Waals surface area contributed by atoms with E-state index in [0.29, 0.717) is 5.76 Å². The second-order valence-corrected chi connectivity index (χ2v) is 2.03. The summed E-state index contributed by atoms with van der Waals surface area (Å²) in [4.78, 5) is 10.1. The van der Waals surface area contributed by atoms with Crippen LogP contribution in [0.15, 0.2) is 10.7 Å². The van der Waals surface area contributed by atoms with Gasteiger partial charge in [-0.1, -0.05) is 0 Å². The number of aldehydes is 1. The average Bonchev–Trinajstić information content (AvgIpc) is 2.15. The molecule has 2 heteroatoms. The molecule has 1 aromatic rings. The summed E-state index contributed by atoms with van der Waals surface area (Å²) in [7, 11) is 0. The van der Waals surface area contributed by atoms with E-state index in [0.717, 1.165) is 17.4 Å². The minimum atomic E-state index is 0.438. The molecule has 1 aromatic heterocycles. The molecule has 0 aliphatic carbocycles. The maximum atomic E-state index is 10.1. The lowest BCUT2D eigenvalue weighted by Crippen LogP contribution is -1.78. The predicted molar refractivity (Wildman–Crippen MR) is 33.6 cm³/mol. The van der Waals surface area contributed by atoms with E-state index in [4.69, 9.17) is 4.42 Å². The van der Waals surface area contributed by atoms with Crippen molar-refractivity contribution in [3.63, 3.8) is 0 Å². The second kappa shape index (κ2) is 2.05. The minimum absolute atomic E-state index is 0.438. The van der Waals surface area contributed by atoms with Crippen LogP contribution >= 0.6 is 0 Å². The Morgan fingerprint density at radius 2 is 2.22 bits per heavy atom. The molecule has 0 N–H and O–H groups in total. The van der Waals surface area contributed by atoms with Gasteiger partial charge in [0.2, 0.25) is 0 Å². The summed E-state index contributed by atoms with van der Waals surface area (Å²) in [5.41, 5.74) is 1.96. The van der Waals surface area contributed by atoms with Gasteiger partial charge in [-0.05, 0) is 19.4 Å². The first kappa shape index (κ1) is 6.08. The summed E-state index contributed by atoms with van der Waals surface area (Å²) < 4.78 is 4.88. The molecule has 0 spiro atoms. The number of hydrogen-bond donors (Lipinski definition) is 0. The maximum absolute atomic E-state index is 10.1. The second-order valence-electron chi connectivity index (χ2n) is 2.03. The van der Waals surface area contributed by atoms with E-state index in [1.165, 1.54) is 0 Å². The van der Waals surface area contributed by atoms with Crippen molar-refractivity contribution in [1.82, 2.24) is 0 Å². The fraction of sp³-hybridized carbons (Fsp3) is 0.286. The Labute approximate surface area is 53.5 Å². The van der Waals surface area contributed by atoms with Crippen molar-refractivity contribution in [3.8, 4) is 0 Å². The number of carbonyl (C=O) groups is 1. The Hall–Kier alpha value is -1.05. The minimum Gasteiger partial charge on any atom is -0.461 e. The first-order chi connectivity index (χ1) is 4.25. The summed E-state index contributed by atoms with van der Waals surface area (Å²) in [6.45, 7) is 3.77. The Morgan fingerprint density at radius 3 is 2.44 bits per heavy atom. The Kier molecular flexibility index (Phi) is 1.39. The first-order valence-electron chi connectivity index (χ1n) is 2.75. The summed E-state index contributed by atoms with van der Waals surface area (Å²) in [6.07, 6.45) is 2.31. The van der Waals surface area contributed by atoms with Crippen molar-refractivity contribution in [2.45, 2.75) is 13.8 Å². The molecular weight excluding hydrogens is 116 g/mol. The van der Waals surface area contributed by atoms with Crippen LogP contribution in [0.3, 0.4) is 0 Å². The van der Waals surface area contributed by atoms with E-state index >= 15 is 0 Å². The normalized spacial score (nSPS) is 9.56. The fourth-order valence-electron chi connectivity index (χ4n) is 0.639. The van der Waals surface area contributed by atoms with E-state index in [9.17, 15) is 4.79 Å². The standard InChI is InChI=1S/C7H8O2/c1-5-4-9-7(3-8)6(5)2/h3-4H,1-2H3. The molecule has 2 nitrogen and oxygen atoms in total. The van der Waals surface area contributed by atoms with Crippen LogP contribution in [0.25, 0.3) is 0 Å². The maximum Gasteiger partial charge on any atom is 0.185 e. The molecule has 0 atom stereocenters. The van der Waals surface area contributed by atoms with Gasteiger partial charge < -0.3 is 4.42 Å². The number of aryl methyl sites for hydroxylation is 1. The Morgan fingerprint density at radius 1 is 1.56 bits per heavy atom. The number of furan rings is 1. The zero-order chi connectivity index (χ0) is 6.85. The highest BCUT2D eigenvalue weighted by atomic mass is 16.3. The van der Waals surface area contributed by atoms with E-state index in [1.54, 1.807) is 6.26 Å². The van der Waals surface area contributed by atoms with Gasteiger partial charge in [-0.25, -0.2) is 0 Å². The van der Waals surface area contributed by atoms with E-state index in [2.05, 4.69) is 0 Å². The topological polar surface area (TPSA) is 30.2 Å². The smallest absolute Gasteiger partial charge is 0.185 e. The number of rotatable bonds is 1. The van der Waals surface area contributed by atoms with Crippen LogP contribution < -0.4 is 0 Å². The van der Waals surface area contributed by atoms with Crippen molar-refractivity contribution < 1.29 is 9.21 Å². The van der Waals surface area contributed by atoms with Crippen LogP contribution in [0.2, 0.25) is 0 Å². The molecule has 0 radical (unpaired) electrons. The average molecular weight is 124 g/mol. The number of carbonyl (C=O) groups excluding carboxylic acids is 1. The monoisotopic (exact) mass is 124 g/mol. The third-order valence-electron chi connectivity index (χ3n) is 1.43. The summed E-state index contributed by atoms with van der Waals surface area (Å²) in [5, 5.41) is 0. The molecule has 0 saturated carbocycles. The highest BCUT2D eigenvalue weighted by molar-refractivity contribution is 5.73. The van der Waals surface area contributed by atoms with Crippen molar-refractivity contribution >= 4 is 6.29 Å². The third-order valence-corrected chi connectivity index (χ3v) is 1.43. The lowest BCUT2D eigenvalue weighted by molar-refractivity contribution is 0.110. The van der Waals surface area contributed by atoms with Gasteiger partial charge in [-0.2, -0.15) is 0 Å². The Balaban J connectivity index is 3.18. The Bertz CT molecular complexity index is 223. The molecule has 0 saturated heterocycles. The summed E-state index contributed by atoms with van der Waals surface area (Å²) in [6, 6.07) is 0. The van der Waals surface area contributed by atoms with Gasteiger partial charge in [0.25, 0.3) is 0 Å². The molecule has 48 valence electrons. The largest absolute Gasteiger partial charge is 0.461 e. The van der Waals surface area contributed by atoms with Gasteiger partial charge in [-0.3, -0.25) is 4.79 Å². The van der Waals surface area contributed by atoms with Gasteiger partial charge in [0.1, 0.15) is 0 Å².